The Hall–Kier alpha value is -1.77. The van der Waals surface area contributed by atoms with E-state index >= 15 is 0 Å². The summed E-state index contributed by atoms with van der Waals surface area (Å²) in [5.41, 5.74) is 3.81. The van der Waals surface area contributed by atoms with Crippen molar-refractivity contribution in [3.63, 3.8) is 0 Å². The van der Waals surface area contributed by atoms with Crippen LogP contribution in [0.4, 0.5) is 19.0 Å². The number of halogens is 3. The average molecular weight is 187 g/mol. The molecule has 13 heavy (non-hydrogen) atoms. The monoisotopic (exact) mass is 187 g/mol. The Kier molecular flexibility index (Phi) is 2.37. The highest BCUT2D eigenvalue weighted by Gasteiger charge is 2.18. The number of hydrogen-bond donors (Lipinski definition) is 1. The zero-order chi connectivity index (χ0) is 10.0. The van der Waals surface area contributed by atoms with E-state index in [2.05, 4.69) is 4.98 Å². The van der Waals surface area contributed by atoms with Crippen molar-refractivity contribution in [2.45, 2.75) is 6.43 Å². The zero-order valence-electron chi connectivity index (χ0n) is 6.26. The molecule has 0 bridgehead atoms. The second kappa shape index (κ2) is 3.31. The lowest BCUT2D eigenvalue weighted by Crippen LogP contribution is -2.03. The van der Waals surface area contributed by atoms with Gasteiger partial charge in [0.05, 0.1) is 17.2 Å². The van der Waals surface area contributed by atoms with Gasteiger partial charge in [0.2, 0.25) is 5.95 Å². The maximum Gasteiger partial charge on any atom is 0.268 e. The van der Waals surface area contributed by atoms with Crippen LogP contribution in [0.5, 0.6) is 0 Å². The second-order valence-electron chi connectivity index (χ2n) is 2.20. The molecular weight excluding hydrogens is 183 g/mol. The van der Waals surface area contributed by atoms with E-state index in [-0.39, 0.29) is 0 Å². The first-order valence-electron chi connectivity index (χ1n) is 3.20. The Balaban J connectivity index is 3.41. The van der Waals surface area contributed by atoms with Gasteiger partial charge >= 0.3 is 0 Å². The minimum atomic E-state index is -2.93. The summed E-state index contributed by atoms with van der Waals surface area (Å²) in [5.74, 6) is -1.69. The van der Waals surface area contributed by atoms with Crippen LogP contribution in [-0.4, -0.2) is 4.98 Å². The van der Waals surface area contributed by atoms with Gasteiger partial charge in [0.15, 0.2) is 0 Å². The highest BCUT2D eigenvalue weighted by molar-refractivity contribution is 5.50. The van der Waals surface area contributed by atoms with E-state index < -0.39 is 29.3 Å². The normalized spacial score (nSPS) is 10.1. The Morgan fingerprint density at radius 2 is 2.15 bits per heavy atom. The molecule has 0 amide bonds. The molecule has 1 aromatic rings. The lowest BCUT2D eigenvalue weighted by molar-refractivity contribution is 0.151. The summed E-state index contributed by atoms with van der Waals surface area (Å²) in [5, 5.41) is 8.38. The van der Waals surface area contributed by atoms with Crippen LogP contribution in [0.15, 0.2) is 6.07 Å². The molecule has 0 aliphatic carbocycles. The molecule has 0 aliphatic heterocycles. The van der Waals surface area contributed by atoms with Gasteiger partial charge in [0.1, 0.15) is 5.82 Å². The van der Waals surface area contributed by atoms with E-state index in [1.165, 1.54) is 6.07 Å². The van der Waals surface area contributed by atoms with Crippen molar-refractivity contribution in [3.05, 3.63) is 23.1 Å². The van der Waals surface area contributed by atoms with Gasteiger partial charge < -0.3 is 5.73 Å². The number of alkyl halides is 2. The number of rotatable bonds is 1. The third-order valence-corrected chi connectivity index (χ3v) is 1.40. The number of nitriles is 1. The molecule has 68 valence electrons. The predicted molar refractivity (Wildman–Crippen MR) is 38.3 cm³/mol. The molecule has 0 aromatic carbocycles. The summed E-state index contributed by atoms with van der Waals surface area (Å²) in [6.45, 7) is 0. The summed E-state index contributed by atoms with van der Waals surface area (Å²) in [6.07, 6.45) is -2.93. The number of nitrogen functional groups attached to an aromatic ring is 1. The van der Waals surface area contributed by atoms with Crippen molar-refractivity contribution in [1.82, 2.24) is 4.98 Å². The molecule has 2 N–H and O–H groups in total. The molecule has 0 saturated heterocycles. The first kappa shape index (κ1) is 9.32. The highest BCUT2D eigenvalue weighted by atomic mass is 19.3. The summed E-state index contributed by atoms with van der Waals surface area (Å²) in [4.78, 5) is 2.98. The molecule has 0 aliphatic rings. The van der Waals surface area contributed by atoms with Crippen molar-refractivity contribution >= 4 is 5.82 Å². The smallest absolute Gasteiger partial charge is 0.268 e. The Labute approximate surface area is 71.6 Å². The summed E-state index contributed by atoms with van der Waals surface area (Å²) < 4.78 is 36.9. The highest BCUT2D eigenvalue weighted by Crippen LogP contribution is 2.27. The fraction of sp³-hybridized carbons (Fsp3) is 0.143. The van der Waals surface area contributed by atoms with Gasteiger partial charge in [-0.15, -0.1) is 0 Å². The lowest BCUT2D eigenvalue weighted by atomic mass is 10.1. The van der Waals surface area contributed by atoms with Crippen LogP contribution >= 0.6 is 0 Å². The molecule has 0 saturated carbocycles. The van der Waals surface area contributed by atoms with Crippen LogP contribution < -0.4 is 5.73 Å². The fourth-order valence-electron chi connectivity index (χ4n) is 0.864. The van der Waals surface area contributed by atoms with Crippen LogP contribution in [-0.2, 0) is 0 Å². The maximum atomic E-state index is 12.5. The number of hydrogen-bond acceptors (Lipinski definition) is 3. The number of anilines is 1. The summed E-state index contributed by atoms with van der Waals surface area (Å²) in [6, 6.07) is 2.04. The van der Waals surface area contributed by atoms with Gasteiger partial charge in [0.25, 0.3) is 6.43 Å². The van der Waals surface area contributed by atoms with E-state index in [4.69, 9.17) is 11.0 Å². The molecule has 0 unspecified atom stereocenters. The molecule has 1 aromatic heterocycles. The molecule has 0 radical (unpaired) electrons. The first-order chi connectivity index (χ1) is 6.06. The number of nitrogens with two attached hydrogens (primary N) is 1. The van der Waals surface area contributed by atoms with E-state index in [0.29, 0.717) is 6.07 Å². The minimum absolute atomic E-state index is 0.486. The third-order valence-electron chi connectivity index (χ3n) is 1.40. The predicted octanol–water partition coefficient (Wildman–Crippen LogP) is 1.61. The average Bonchev–Trinajstić information content (AvgIpc) is 2.01. The van der Waals surface area contributed by atoms with Gasteiger partial charge in [-0.05, 0) is 0 Å². The Bertz CT molecular complexity index is 370. The Morgan fingerprint density at radius 1 is 1.54 bits per heavy atom. The number of pyridine rings is 1. The molecule has 6 heteroatoms. The quantitative estimate of drug-likeness (QED) is 0.679. The van der Waals surface area contributed by atoms with Crippen LogP contribution in [0.3, 0.4) is 0 Å². The molecule has 0 spiro atoms. The van der Waals surface area contributed by atoms with Crippen LogP contribution in [0.1, 0.15) is 17.6 Å². The van der Waals surface area contributed by atoms with E-state index in [9.17, 15) is 13.2 Å². The van der Waals surface area contributed by atoms with E-state index in [0.717, 1.165) is 0 Å². The van der Waals surface area contributed by atoms with Gasteiger partial charge in [-0.1, -0.05) is 0 Å². The minimum Gasteiger partial charge on any atom is -0.383 e. The largest absolute Gasteiger partial charge is 0.383 e. The van der Waals surface area contributed by atoms with Crippen molar-refractivity contribution in [2.75, 3.05) is 5.73 Å². The molecule has 1 heterocycles. The van der Waals surface area contributed by atoms with Gasteiger partial charge in [-0.25, -0.2) is 13.8 Å². The van der Waals surface area contributed by atoms with Crippen LogP contribution in [0.25, 0.3) is 0 Å². The van der Waals surface area contributed by atoms with Crippen LogP contribution in [0, 0.1) is 17.3 Å². The standard InChI is InChI=1S/C7H4F3N3/c8-4-1-3(2-11)5(6(9)10)7(12)13-4/h1,6H,(H2,12,13). The van der Waals surface area contributed by atoms with Crippen molar-refractivity contribution in [3.8, 4) is 6.07 Å². The lowest BCUT2D eigenvalue weighted by Gasteiger charge is -2.04. The topological polar surface area (TPSA) is 62.7 Å². The first-order valence-corrected chi connectivity index (χ1v) is 3.20. The molecule has 0 fully saturated rings. The van der Waals surface area contributed by atoms with Crippen molar-refractivity contribution in [2.24, 2.45) is 0 Å². The van der Waals surface area contributed by atoms with Gasteiger partial charge in [0, 0.05) is 6.07 Å². The molecular formula is C7H4F3N3. The number of nitrogens with zero attached hydrogens (tertiary/aromatic N) is 2. The SMILES string of the molecule is N#Cc1cc(F)nc(N)c1C(F)F. The van der Waals surface area contributed by atoms with Crippen molar-refractivity contribution < 1.29 is 13.2 Å². The summed E-state index contributed by atoms with van der Waals surface area (Å²) >= 11 is 0. The second-order valence-corrected chi connectivity index (χ2v) is 2.20. The molecule has 3 nitrogen and oxygen atoms in total. The fourth-order valence-corrected chi connectivity index (χ4v) is 0.864. The van der Waals surface area contributed by atoms with Crippen molar-refractivity contribution in [1.29, 1.82) is 5.26 Å². The Morgan fingerprint density at radius 3 is 2.62 bits per heavy atom. The van der Waals surface area contributed by atoms with Gasteiger partial charge in [-0.2, -0.15) is 9.65 Å². The zero-order valence-corrected chi connectivity index (χ0v) is 6.26. The van der Waals surface area contributed by atoms with E-state index in [1.54, 1.807) is 0 Å². The van der Waals surface area contributed by atoms with E-state index in [1.807, 2.05) is 0 Å². The van der Waals surface area contributed by atoms with Gasteiger partial charge in [-0.3, -0.25) is 0 Å². The summed E-state index contributed by atoms with van der Waals surface area (Å²) in [7, 11) is 0. The molecule has 1 rings (SSSR count). The number of aromatic nitrogens is 1. The van der Waals surface area contributed by atoms with Crippen LogP contribution in [0.2, 0.25) is 0 Å². The molecule has 0 atom stereocenters. The third kappa shape index (κ3) is 1.69. The maximum absolute atomic E-state index is 12.5.